The molecule has 2 saturated carbocycles. The third-order valence-electron chi connectivity index (χ3n) is 7.99. The third kappa shape index (κ3) is 4.40. The van der Waals surface area contributed by atoms with E-state index in [0.717, 1.165) is 11.0 Å². The van der Waals surface area contributed by atoms with Crippen LogP contribution in [0.25, 0.3) is 0 Å². The maximum absolute atomic E-state index is 15.2. The molecule has 1 saturated heterocycles. The molecule has 1 aliphatic heterocycles. The van der Waals surface area contributed by atoms with Crippen LogP contribution in [0.5, 0.6) is 0 Å². The zero-order valence-corrected chi connectivity index (χ0v) is 21.1. The summed E-state index contributed by atoms with van der Waals surface area (Å²) in [5.74, 6) is -7.20. The zero-order valence-electron chi connectivity index (χ0n) is 20.3. The Morgan fingerprint density at radius 2 is 1.81 bits per heavy atom. The molecule has 37 heavy (non-hydrogen) atoms. The number of hydrogen-bond donors (Lipinski definition) is 3. The van der Waals surface area contributed by atoms with E-state index in [1.807, 2.05) is 0 Å². The molecule has 0 bridgehead atoms. The Labute approximate surface area is 216 Å². The van der Waals surface area contributed by atoms with E-state index in [9.17, 15) is 24.2 Å². The van der Waals surface area contributed by atoms with Crippen LogP contribution in [0.4, 0.5) is 18.9 Å². The number of amides is 2. The van der Waals surface area contributed by atoms with Gasteiger partial charge in [-0.3, -0.25) is 9.59 Å². The lowest BCUT2D eigenvalue weighted by Crippen LogP contribution is -2.68. The number of anilines is 1. The van der Waals surface area contributed by atoms with Gasteiger partial charge in [-0.25, -0.2) is 9.37 Å². The van der Waals surface area contributed by atoms with E-state index in [1.54, 1.807) is 11.6 Å². The molecule has 200 valence electrons. The number of alkyl halides is 2. The Morgan fingerprint density at radius 1 is 1.19 bits per heavy atom. The molecule has 3 fully saturated rings. The van der Waals surface area contributed by atoms with E-state index in [2.05, 4.69) is 10.3 Å². The van der Waals surface area contributed by atoms with Crippen LogP contribution in [0.15, 0.2) is 24.5 Å². The van der Waals surface area contributed by atoms with Crippen LogP contribution in [0.2, 0.25) is 5.02 Å². The number of hydrogen-bond acceptors (Lipinski definition) is 5. The highest BCUT2D eigenvalue weighted by Gasteiger charge is 2.66. The molecule has 2 atom stereocenters. The van der Waals surface area contributed by atoms with Crippen molar-refractivity contribution in [2.45, 2.75) is 55.6 Å². The van der Waals surface area contributed by atoms with E-state index < -0.39 is 34.8 Å². The number of nitrogens with one attached hydrogen (secondary N) is 1. The van der Waals surface area contributed by atoms with Crippen molar-refractivity contribution in [2.75, 3.05) is 18.4 Å². The average Bonchev–Trinajstić information content (AvgIpc) is 3.45. The summed E-state index contributed by atoms with van der Waals surface area (Å²) in [5.41, 5.74) is -2.52. The van der Waals surface area contributed by atoms with Crippen molar-refractivity contribution in [1.29, 1.82) is 0 Å². The fourth-order valence-electron chi connectivity index (χ4n) is 6.25. The van der Waals surface area contributed by atoms with Gasteiger partial charge in [0.15, 0.2) is 0 Å². The summed E-state index contributed by atoms with van der Waals surface area (Å²) in [6, 6.07) is 3.83. The van der Waals surface area contributed by atoms with Crippen LogP contribution in [0.1, 0.15) is 54.7 Å². The third-order valence-corrected chi connectivity index (χ3v) is 8.28. The number of β-amino-alcohol motifs (C(OH)–C–C–N with tert-alkyl or cyclic N) is 1. The first-order valence-electron chi connectivity index (χ1n) is 12.1. The number of rotatable bonds is 5. The van der Waals surface area contributed by atoms with Gasteiger partial charge in [0.1, 0.15) is 17.1 Å². The minimum absolute atomic E-state index is 0.131. The molecule has 2 aromatic rings. The number of fused-ring (bicyclic) bond motifs is 1. The molecule has 0 spiro atoms. The van der Waals surface area contributed by atoms with Crippen molar-refractivity contribution in [3.8, 4) is 0 Å². The summed E-state index contributed by atoms with van der Waals surface area (Å²) in [4.78, 5) is 30.8. The molecular formula is C25H28ClF3N4O4. The maximum atomic E-state index is 15.2. The van der Waals surface area contributed by atoms with Crippen molar-refractivity contribution in [3.63, 3.8) is 0 Å². The van der Waals surface area contributed by atoms with Gasteiger partial charge in [0.05, 0.1) is 35.7 Å². The minimum atomic E-state index is -3.96. The Morgan fingerprint density at radius 3 is 2.38 bits per heavy atom. The average molecular weight is 541 g/mol. The van der Waals surface area contributed by atoms with Crippen molar-refractivity contribution in [3.05, 3.63) is 46.8 Å². The van der Waals surface area contributed by atoms with Gasteiger partial charge in [-0.1, -0.05) is 11.6 Å². The van der Waals surface area contributed by atoms with Gasteiger partial charge in [-0.2, -0.15) is 8.78 Å². The number of benzene rings is 1. The van der Waals surface area contributed by atoms with Crippen LogP contribution in [-0.4, -0.2) is 66.7 Å². The molecule has 12 heteroatoms. The summed E-state index contributed by atoms with van der Waals surface area (Å²) in [5, 5.41) is 23.3. The van der Waals surface area contributed by atoms with Crippen LogP contribution >= 0.6 is 11.6 Å². The van der Waals surface area contributed by atoms with E-state index in [-0.39, 0.29) is 48.7 Å². The molecular weight excluding hydrogens is 513 g/mol. The lowest BCUT2D eigenvalue weighted by molar-refractivity contribution is -0.214. The highest BCUT2D eigenvalue weighted by Crippen LogP contribution is 2.57. The second-order valence-electron chi connectivity index (χ2n) is 11.0. The monoisotopic (exact) mass is 540 g/mol. The lowest BCUT2D eigenvalue weighted by Gasteiger charge is -2.46. The van der Waals surface area contributed by atoms with Crippen molar-refractivity contribution in [2.24, 2.45) is 18.9 Å². The number of nitrogens with zero attached hydrogens (tertiary/aromatic N) is 3. The number of carbonyl (C=O) groups is 2. The number of aryl methyl sites for hydroxylation is 1. The highest BCUT2D eigenvalue weighted by molar-refractivity contribution is 6.31. The summed E-state index contributed by atoms with van der Waals surface area (Å²) in [6.07, 6.45) is 1.91. The summed E-state index contributed by atoms with van der Waals surface area (Å²) < 4.78 is 45.4. The van der Waals surface area contributed by atoms with E-state index in [4.69, 9.17) is 11.6 Å². The molecule has 2 heterocycles. The molecule has 1 aromatic carbocycles. The smallest absolute Gasteiger partial charge is 0.352 e. The summed E-state index contributed by atoms with van der Waals surface area (Å²) >= 11 is 5.81. The van der Waals surface area contributed by atoms with Gasteiger partial charge in [-0.15, -0.1) is 0 Å². The standard InChI is InChI=1S/C25H28ClF3N4O4/c1-23(36)10-33(11-23)22(35)25(28,29)24(37)8-14-5-13(6-15(14)9-24)19-20(32(2)12-30-19)21(34)31-16-3-4-18(27)17(26)7-16/h3-4,7,12-15,36-37H,5-6,8-11H2,1-2H3,(H,31,34). The van der Waals surface area contributed by atoms with Crippen molar-refractivity contribution >= 4 is 29.1 Å². The van der Waals surface area contributed by atoms with Gasteiger partial charge in [-0.05, 0) is 62.6 Å². The van der Waals surface area contributed by atoms with Gasteiger partial charge in [0.2, 0.25) is 0 Å². The van der Waals surface area contributed by atoms with Crippen molar-refractivity contribution in [1.82, 2.24) is 14.5 Å². The first-order chi connectivity index (χ1) is 17.2. The normalized spacial score (nSPS) is 28.6. The quantitative estimate of drug-likeness (QED) is 0.539. The van der Waals surface area contributed by atoms with E-state index in [0.29, 0.717) is 29.9 Å². The highest BCUT2D eigenvalue weighted by atomic mass is 35.5. The molecule has 0 radical (unpaired) electrons. The Balaban J connectivity index is 1.28. The van der Waals surface area contributed by atoms with E-state index >= 15 is 8.78 Å². The van der Waals surface area contributed by atoms with Crippen LogP contribution in [-0.2, 0) is 11.8 Å². The van der Waals surface area contributed by atoms with Gasteiger partial charge in [0, 0.05) is 18.7 Å². The molecule has 2 amide bonds. The molecule has 1 aromatic heterocycles. The Kier molecular flexibility index (Phi) is 6.12. The van der Waals surface area contributed by atoms with Crippen LogP contribution in [0.3, 0.4) is 0 Å². The molecule has 3 N–H and O–H groups in total. The number of aliphatic hydroxyl groups is 2. The Hall–Kier alpha value is -2.63. The molecule has 2 unspecified atom stereocenters. The van der Waals surface area contributed by atoms with Crippen LogP contribution in [0, 0.1) is 17.7 Å². The largest absolute Gasteiger partial charge is 0.386 e. The molecule has 5 rings (SSSR count). The molecule has 2 aliphatic carbocycles. The number of imidazole rings is 1. The topological polar surface area (TPSA) is 108 Å². The lowest BCUT2D eigenvalue weighted by atomic mass is 9.85. The second-order valence-corrected chi connectivity index (χ2v) is 11.4. The number of likely N-dealkylation sites (tertiary alicyclic amines) is 1. The van der Waals surface area contributed by atoms with E-state index in [1.165, 1.54) is 25.4 Å². The number of carbonyl (C=O) groups excluding carboxylic acids is 2. The minimum Gasteiger partial charge on any atom is -0.386 e. The van der Waals surface area contributed by atoms with Crippen molar-refractivity contribution < 1.29 is 33.0 Å². The van der Waals surface area contributed by atoms with Gasteiger partial charge in [0.25, 0.3) is 11.8 Å². The predicted molar refractivity (Wildman–Crippen MR) is 128 cm³/mol. The van der Waals surface area contributed by atoms with Gasteiger partial charge >= 0.3 is 5.92 Å². The Bertz CT molecular complexity index is 1240. The summed E-state index contributed by atoms with van der Waals surface area (Å²) in [7, 11) is 1.66. The zero-order chi connectivity index (χ0) is 26.9. The summed E-state index contributed by atoms with van der Waals surface area (Å²) in [6.45, 7) is 1.08. The fourth-order valence-corrected chi connectivity index (χ4v) is 6.43. The number of aromatic nitrogens is 2. The molecule has 3 aliphatic rings. The molecule has 8 nitrogen and oxygen atoms in total. The predicted octanol–water partition coefficient (Wildman–Crippen LogP) is 3.33. The second kappa shape index (κ2) is 8.71. The van der Waals surface area contributed by atoms with Gasteiger partial charge < -0.3 is 25.0 Å². The SMILES string of the molecule is Cn1cnc(C2CC3CC(O)(C(F)(F)C(=O)N4CC(C)(O)C4)CC3C2)c1C(=O)Nc1ccc(F)c(Cl)c1. The number of halogens is 4. The maximum Gasteiger partial charge on any atom is 0.352 e. The first-order valence-corrected chi connectivity index (χ1v) is 12.5. The fraction of sp³-hybridized carbons (Fsp3) is 0.560. The first kappa shape index (κ1) is 26.0. The van der Waals surface area contributed by atoms with Crippen LogP contribution < -0.4 is 5.32 Å².